The topological polar surface area (TPSA) is 78.7 Å². The summed E-state index contributed by atoms with van der Waals surface area (Å²) in [6.45, 7) is 4.49. The Morgan fingerprint density at radius 1 is 0.941 bits per heavy atom. The van der Waals surface area contributed by atoms with Crippen molar-refractivity contribution in [3.05, 3.63) is 35.8 Å². The number of piperidine rings is 1. The van der Waals surface area contributed by atoms with E-state index >= 15 is 0 Å². The fourth-order valence-corrected chi connectivity index (χ4v) is 7.77. The highest BCUT2D eigenvalue weighted by atomic mass is 16.2. The molecule has 0 unspecified atom stereocenters. The Labute approximate surface area is 201 Å². The monoisotopic (exact) mass is 463 g/mol. The van der Waals surface area contributed by atoms with E-state index in [4.69, 9.17) is 0 Å². The number of aromatic nitrogens is 2. The maximum absolute atomic E-state index is 13.2. The van der Waals surface area contributed by atoms with Gasteiger partial charge in [0.15, 0.2) is 0 Å². The molecule has 4 aliphatic carbocycles. The summed E-state index contributed by atoms with van der Waals surface area (Å²) in [5.74, 6) is 2.36. The van der Waals surface area contributed by atoms with Crippen LogP contribution in [0.25, 0.3) is 5.65 Å². The van der Waals surface area contributed by atoms with Crippen LogP contribution in [0.4, 0.5) is 0 Å². The van der Waals surface area contributed by atoms with E-state index in [2.05, 4.69) is 20.5 Å². The Morgan fingerprint density at radius 2 is 1.65 bits per heavy atom. The van der Waals surface area contributed by atoms with Crippen LogP contribution in [-0.4, -0.2) is 58.8 Å². The highest BCUT2D eigenvalue weighted by Crippen LogP contribution is 2.59. The van der Waals surface area contributed by atoms with Crippen LogP contribution in [0.1, 0.15) is 78.8 Å². The quantitative estimate of drug-likeness (QED) is 0.659. The third-order valence-corrected chi connectivity index (χ3v) is 8.91. The predicted molar refractivity (Wildman–Crippen MR) is 131 cm³/mol. The van der Waals surface area contributed by atoms with Gasteiger partial charge < -0.3 is 15.5 Å². The Kier molecular flexibility index (Phi) is 5.84. The number of hydrogen-bond acceptors (Lipinski definition) is 4. The van der Waals surface area contributed by atoms with Crippen molar-refractivity contribution in [3.63, 3.8) is 0 Å². The number of carbonyl (C=O) groups excluding carboxylic acids is 2. The minimum atomic E-state index is -0.180. The van der Waals surface area contributed by atoms with Crippen LogP contribution in [0.2, 0.25) is 0 Å². The fourth-order valence-electron chi connectivity index (χ4n) is 7.77. The molecular formula is C27H37N5O2. The molecule has 5 fully saturated rings. The van der Waals surface area contributed by atoms with Crippen LogP contribution in [0, 0.1) is 23.2 Å². The Hall–Kier alpha value is -2.41. The van der Waals surface area contributed by atoms with Crippen molar-refractivity contribution in [2.75, 3.05) is 32.7 Å². The molecule has 5 aliphatic rings. The predicted octanol–water partition coefficient (Wildman–Crippen LogP) is 3.50. The third kappa shape index (κ3) is 4.35. The fraction of sp³-hybridized carbons (Fsp3) is 0.667. The molecule has 7 heteroatoms. The molecule has 2 aromatic rings. The molecule has 3 heterocycles. The minimum Gasteiger partial charge on any atom is -0.350 e. The zero-order chi connectivity index (χ0) is 23.1. The Balaban J connectivity index is 1.10. The van der Waals surface area contributed by atoms with E-state index in [-0.39, 0.29) is 11.8 Å². The molecule has 0 spiro atoms. The molecule has 1 saturated heterocycles. The summed E-state index contributed by atoms with van der Waals surface area (Å²) in [5, 5.41) is 6.26. The zero-order valence-electron chi connectivity index (χ0n) is 20.1. The Morgan fingerprint density at radius 3 is 2.35 bits per heavy atom. The van der Waals surface area contributed by atoms with Crippen LogP contribution in [0.5, 0.6) is 0 Å². The maximum atomic E-state index is 13.2. The first-order chi connectivity index (χ1) is 16.6. The van der Waals surface area contributed by atoms with Crippen LogP contribution in [0.3, 0.4) is 0 Å². The Bertz CT molecular complexity index is 1030. The lowest BCUT2D eigenvalue weighted by atomic mass is 9.49. The number of amides is 2. The van der Waals surface area contributed by atoms with Gasteiger partial charge in [0, 0.05) is 25.8 Å². The van der Waals surface area contributed by atoms with Crippen molar-refractivity contribution in [2.45, 2.75) is 57.8 Å². The average Bonchev–Trinajstić information content (AvgIpc) is 3.27. The van der Waals surface area contributed by atoms with Gasteiger partial charge in [-0.2, -0.15) is 0 Å². The molecule has 7 nitrogen and oxygen atoms in total. The maximum Gasteiger partial charge on any atom is 0.271 e. The summed E-state index contributed by atoms with van der Waals surface area (Å²) in [6.07, 6.45) is 13.5. The SMILES string of the molecule is O=C(NCCN1CCCCC1)c1cn2c(C(=O)NCC34CC5CC(CC(C5)C3)C4)cccc2n1. The molecule has 2 N–H and O–H groups in total. The van der Waals surface area contributed by atoms with Crippen molar-refractivity contribution >= 4 is 17.5 Å². The molecule has 0 aromatic carbocycles. The first-order valence-electron chi connectivity index (χ1n) is 13.3. The number of nitrogens with zero attached hydrogens (tertiary/aromatic N) is 3. The molecule has 2 amide bonds. The summed E-state index contributed by atoms with van der Waals surface area (Å²) in [7, 11) is 0. The standard InChI is InChI=1S/C27H37N5O2/c33-25(28-7-10-31-8-2-1-3-9-31)22-17-32-23(5-4-6-24(32)30-22)26(34)29-18-27-14-19-11-20(15-27)13-21(12-19)16-27/h4-6,17,19-21H,1-3,7-16,18H2,(H,28,33)(H,29,34). The molecule has 2 aromatic heterocycles. The second kappa shape index (κ2) is 8.99. The summed E-state index contributed by atoms with van der Waals surface area (Å²) in [5.41, 5.74) is 1.83. The number of fused-ring (bicyclic) bond motifs is 1. The van der Waals surface area contributed by atoms with Crippen molar-refractivity contribution in [3.8, 4) is 0 Å². The van der Waals surface area contributed by atoms with E-state index in [1.165, 1.54) is 57.8 Å². The molecule has 182 valence electrons. The van der Waals surface area contributed by atoms with Crippen molar-refractivity contribution in [2.24, 2.45) is 23.2 Å². The second-order valence-corrected chi connectivity index (χ2v) is 11.5. The van der Waals surface area contributed by atoms with E-state index in [1.54, 1.807) is 10.6 Å². The average molecular weight is 464 g/mol. The molecule has 1 aliphatic heterocycles. The summed E-state index contributed by atoms with van der Waals surface area (Å²) >= 11 is 0. The summed E-state index contributed by atoms with van der Waals surface area (Å²) in [4.78, 5) is 32.8. The number of imidazole rings is 1. The molecular weight excluding hydrogens is 426 g/mol. The highest BCUT2D eigenvalue weighted by Gasteiger charge is 2.50. The van der Waals surface area contributed by atoms with E-state index in [9.17, 15) is 9.59 Å². The number of rotatable bonds is 7. The van der Waals surface area contributed by atoms with Gasteiger partial charge in [0.05, 0.1) is 0 Å². The molecule has 7 rings (SSSR count). The van der Waals surface area contributed by atoms with E-state index in [0.717, 1.165) is 43.9 Å². The van der Waals surface area contributed by atoms with E-state index in [1.807, 2.05) is 18.2 Å². The van der Waals surface area contributed by atoms with Gasteiger partial charge in [-0.15, -0.1) is 0 Å². The van der Waals surface area contributed by atoms with Crippen LogP contribution in [-0.2, 0) is 0 Å². The molecule has 4 saturated carbocycles. The lowest BCUT2D eigenvalue weighted by molar-refractivity contribution is -0.0503. The molecule has 0 radical (unpaired) electrons. The van der Waals surface area contributed by atoms with Gasteiger partial charge in [-0.1, -0.05) is 12.5 Å². The van der Waals surface area contributed by atoms with Crippen molar-refractivity contribution < 1.29 is 9.59 Å². The number of pyridine rings is 1. The van der Waals surface area contributed by atoms with Gasteiger partial charge in [0.25, 0.3) is 11.8 Å². The summed E-state index contributed by atoms with van der Waals surface area (Å²) < 4.78 is 1.76. The number of nitrogens with one attached hydrogen (secondary N) is 2. The van der Waals surface area contributed by atoms with E-state index < -0.39 is 0 Å². The molecule has 34 heavy (non-hydrogen) atoms. The molecule has 4 bridgehead atoms. The largest absolute Gasteiger partial charge is 0.350 e. The smallest absolute Gasteiger partial charge is 0.271 e. The first kappa shape index (κ1) is 22.1. The van der Waals surface area contributed by atoms with Gasteiger partial charge in [0.2, 0.25) is 0 Å². The van der Waals surface area contributed by atoms with E-state index in [0.29, 0.717) is 29.0 Å². The number of likely N-dealkylation sites (tertiary alicyclic amines) is 1. The van der Waals surface area contributed by atoms with Crippen LogP contribution >= 0.6 is 0 Å². The van der Waals surface area contributed by atoms with Gasteiger partial charge in [-0.25, -0.2) is 4.98 Å². The second-order valence-electron chi connectivity index (χ2n) is 11.5. The lowest BCUT2D eigenvalue weighted by Crippen LogP contribution is -2.51. The molecule has 0 atom stereocenters. The zero-order valence-corrected chi connectivity index (χ0v) is 20.1. The third-order valence-electron chi connectivity index (χ3n) is 8.91. The van der Waals surface area contributed by atoms with Crippen LogP contribution in [0.15, 0.2) is 24.4 Å². The van der Waals surface area contributed by atoms with Gasteiger partial charge in [0.1, 0.15) is 17.0 Å². The lowest BCUT2D eigenvalue weighted by Gasteiger charge is -2.56. The first-order valence-corrected chi connectivity index (χ1v) is 13.3. The number of hydrogen-bond donors (Lipinski definition) is 2. The normalized spacial score (nSPS) is 30.5. The van der Waals surface area contributed by atoms with Gasteiger partial charge >= 0.3 is 0 Å². The van der Waals surface area contributed by atoms with Gasteiger partial charge in [-0.3, -0.25) is 14.0 Å². The minimum absolute atomic E-state index is 0.0733. The van der Waals surface area contributed by atoms with Crippen LogP contribution < -0.4 is 10.6 Å². The van der Waals surface area contributed by atoms with Crippen molar-refractivity contribution in [1.82, 2.24) is 24.9 Å². The van der Waals surface area contributed by atoms with Crippen molar-refractivity contribution in [1.29, 1.82) is 0 Å². The number of carbonyl (C=O) groups is 2. The summed E-state index contributed by atoms with van der Waals surface area (Å²) in [6, 6.07) is 5.52. The highest BCUT2D eigenvalue weighted by molar-refractivity contribution is 5.95. The van der Waals surface area contributed by atoms with Gasteiger partial charge in [-0.05, 0) is 99.8 Å².